The molecule has 0 bridgehead atoms. The Morgan fingerprint density at radius 3 is 2.41 bits per heavy atom. The van der Waals surface area contributed by atoms with Gasteiger partial charge in [0.05, 0.1) is 4.92 Å². The third kappa shape index (κ3) is 3.90. The lowest BCUT2D eigenvalue weighted by atomic mass is 9.74. The van der Waals surface area contributed by atoms with Crippen LogP contribution >= 0.6 is 0 Å². The quantitative estimate of drug-likeness (QED) is 0.498. The highest BCUT2D eigenvalue weighted by Gasteiger charge is 2.27. The molecule has 0 heterocycles. The molecule has 4 nitrogen and oxygen atoms in total. The molecule has 2 aliphatic rings. The van der Waals surface area contributed by atoms with E-state index in [4.69, 9.17) is 0 Å². The smallest absolute Gasteiger partial charge is 0.269 e. The molecular formula is C23H26N2O2. The van der Waals surface area contributed by atoms with Gasteiger partial charge in [-0.3, -0.25) is 10.1 Å². The molecule has 4 heteroatoms. The van der Waals surface area contributed by atoms with Crippen LogP contribution in [0.5, 0.6) is 0 Å². The van der Waals surface area contributed by atoms with E-state index in [-0.39, 0.29) is 10.6 Å². The van der Waals surface area contributed by atoms with Crippen molar-refractivity contribution in [2.45, 2.75) is 38.0 Å². The maximum absolute atomic E-state index is 10.8. The molecule has 2 aromatic carbocycles. The molecule has 140 valence electrons. The van der Waals surface area contributed by atoms with Gasteiger partial charge in [-0.15, -0.1) is 0 Å². The molecule has 0 aliphatic heterocycles. The van der Waals surface area contributed by atoms with Crippen LogP contribution in [-0.2, 0) is 6.42 Å². The van der Waals surface area contributed by atoms with Gasteiger partial charge in [0.15, 0.2) is 0 Å². The highest BCUT2D eigenvalue weighted by molar-refractivity contribution is 5.59. The number of rotatable bonds is 6. The van der Waals surface area contributed by atoms with Gasteiger partial charge in [0.25, 0.3) is 5.69 Å². The first-order valence-electron chi connectivity index (χ1n) is 9.76. The van der Waals surface area contributed by atoms with E-state index >= 15 is 0 Å². The second-order valence-electron chi connectivity index (χ2n) is 8.06. The Morgan fingerprint density at radius 1 is 1.11 bits per heavy atom. The Labute approximate surface area is 160 Å². The van der Waals surface area contributed by atoms with Crippen LogP contribution in [0.25, 0.3) is 6.08 Å². The van der Waals surface area contributed by atoms with E-state index < -0.39 is 0 Å². The summed E-state index contributed by atoms with van der Waals surface area (Å²) >= 11 is 0. The van der Waals surface area contributed by atoms with Crippen molar-refractivity contribution in [3.63, 3.8) is 0 Å². The highest BCUT2D eigenvalue weighted by atomic mass is 16.6. The summed E-state index contributed by atoms with van der Waals surface area (Å²) in [7, 11) is 4.26. The molecule has 0 aromatic heterocycles. The van der Waals surface area contributed by atoms with E-state index in [2.05, 4.69) is 43.3 Å². The van der Waals surface area contributed by atoms with Gasteiger partial charge in [0.2, 0.25) is 0 Å². The predicted octanol–water partition coefficient (Wildman–Crippen LogP) is 5.57. The van der Waals surface area contributed by atoms with Gasteiger partial charge in [-0.05, 0) is 78.8 Å². The van der Waals surface area contributed by atoms with Crippen LogP contribution < -0.4 is 4.90 Å². The van der Waals surface area contributed by atoms with Crippen molar-refractivity contribution in [1.82, 2.24) is 0 Å². The summed E-state index contributed by atoms with van der Waals surface area (Å²) in [6.07, 6.45) is 8.28. The number of non-ortho nitro benzene ring substituents is 1. The Balaban J connectivity index is 1.50. The van der Waals surface area contributed by atoms with Crippen molar-refractivity contribution in [2.24, 2.45) is 5.92 Å². The van der Waals surface area contributed by atoms with Crippen molar-refractivity contribution in [3.05, 3.63) is 74.8 Å². The van der Waals surface area contributed by atoms with E-state index in [0.717, 1.165) is 24.3 Å². The topological polar surface area (TPSA) is 46.4 Å². The first kappa shape index (κ1) is 17.8. The van der Waals surface area contributed by atoms with Gasteiger partial charge >= 0.3 is 0 Å². The molecule has 1 atom stereocenters. The zero-order valence-electron chi connectivity index (χ0n) is 16.0. The van der Waals surface area contributed by atoms with Gasteiger partial charge in [-0.25, -0.2) is 0 Å². The number of benzene rings is 2. The molecule has 0 amide bonds. The maximum Gasteiger partial charge on any atom is 0.269 e. The minimum absolute atomic E-state index is 0.147. The zero-order chi connectivity index (χ0) is 19.0. The molecule has 4 rings (SSSR count). The normalized spacial score (nSPS) is 20.4. The molecule has 2 aromatic rings. The fourth-order valence-electron chi connectivity index (χ4n) is 3.95. The molecule has 1 unspecified atom stereocenters. The predicted molar refractivity (Wildman–Crippen MR) is 110 cm³/mol. The van der Waals surface area contributed by atoms with Crippen LogP contribution in [0.1, 0.15) is 48.3 Å². The van der Waals surface area contributed by atoms with Crippen molar-refractivity contribution >= 4 is 17.5 Å². The Hall–Kier alpha value is -2.62. The number of nitro benzene ring substituents is 1. The van der Waals surface area contributed by atoms with Crippen molar-refractivity contribution < 1.29 is 4.92 Å². The Morgan fingerprint density at radius 2 is 1.85 bits per heavy atom. The third-order valence-electron chi connectivity index (χ3n) is 5.87. The summed E-state index contributed by atoms with van der Waals surface area (Å²) in [5, 5.41) is 10.8. The van der Waals surface area contributed by atoms with Crippen molar-refractivity contribution in [2.75, 3.05) is 19.0 Å². The molecule has 2 fully saturated rings. The minimum atomic E-state index is -0.350. The Bertz CT molecular complexity index is 880. The SMILES string of the molecule is CN(C)c1cc(C2CC2)ccc1CC1CC/C1=C\c1ccc([N+](=O)[O-])cc1. The van der Waals surface area contributed by atoms with Crippen molar-refractivity contribution in [1.29, 1.82) is 0 Å². The third-order valence-corrected chi connectivity index (χ3v) is 5.87. The van der Waals surface area contributed by atoms with E-state index in [1.165, 1.54) is 41.6 Å². The van der Waals surface area contributed by atoms with Crippen LogP contribution in [0.2, 0.25) is 0 Å². The van der Waals surface area contributed by atoms with E-state index in [9.17, 15) is 10.1 Å². The number of allylic oxidation sites excluding steroid dienone is 1. The molecule has 27 heavy (non-hydrogen) atoms. The highest BCUT2D eigenvalue weighted by Crippen LogP contribution is 2.43. The molecular weight excluding hydrogens is 336 g/mol. The fraction of sp³-hybridized carbons (Fsp3) is 0.391. The lowest BCUT2D eigenvalue weighted by molar-refractivity contribution is -0.384. The Kier molecular flexibility index (Phi) is 4.73. The lowest BCUT2D eigenvalue weighted by Gasteiger charge is -2.32. The maximum atomic E-state index is 10.8. The second-order valence-corrected chi connectivity index (χ2v) is 8.06. The van der Waals surface area contributed by atoms with Crippen LogP contribution in [-0.4, -0.2) is 19.0 Å². The molecule has 0 saturated heterocycles. The summed E-state index contributed by atoms with van der Waals surface area (Å²) in [4.78, 5) is 12.7. The summed E-state index contributed by atoms with van der Waals surface area (Å²) < 4.78 is 0. The van der Waals surface area contributed by atoms with Crippen molar-refractivity contribution in [3.8, 4) is 0 Å². The van der Waals surface area contributed by atoms with E-state index in [1.807, 2.05) is 12.1 Å². The van der Waals surface area contributed by atoms with E-state index in [1.54, 1.807) is 12.1 Å². The lowest BCUT2D eigenvalue weighted by Crippen LogP contribution is -2.20. The summed E-state index contributed by atoms with van der Waals surface area (Å²) in [5.74, 6) is 1.35. The first-order valence-corrected chi connectivity index (χ1v) is 9.76. The monoisotopic (exact) mass is 362 g/mol. The zero-order valence-corrected chi connectivity index (χ0v) is 16.0. The van der Waals surface area contributed by atoms with Gasteiger partial charge < -0.3 is 4.90 Å². The van der Waals surface area contributed by atoms with Crippen LogP contribution in [0.3, 0.4) is 0 Å². The van der Waals surface area contributed by atoms with E-state index in [0.29, 0.717) is 5.92 Å². The van der Waals surface area contributed by atoms with Gasteiger partial charge in [-0.2, -0.15) is 0 Å². The molecule has 0 radical (unpaired) electrons. The number of nitro groups is 1. The number of nitrogens with zero attached hydrogens (tertiary/aromatic N) is 2. The minimum Gasteiger partial charge on any atom is -0.377 e. The molecule has 0 spiro atoms. The first-order chi connectivity index (χ1) is 13.0. The second kappa shape index (κ2) is 7.18. The van der Waals surface area contributed by atoms with Gasteiger partial charge in [0, 0.05) is 31.9 Å². The number of anilines is 1. The average Bonchev–Trinajstić information content (AvgIpc) is 3.48. The number of hydrogen-bond acceptors (Lipinski definition) is 3. The molecule has 2 saturated carbocycles. The molecule has 2 aliphatic carbocycles. The summed E-state index contributed by atoms with van der Waals surface area (Å²) in [6, 6.07) is 13.9. The van der Waals surface area contributed by atoms with Crippen LogP contribution in [0.15, 0.2) is 48.0 Å². The standard InChI is InChI=1S/C23H26N2O2/c1-24(2)23-15-20(17-5-6-17)9-10-21(23)14-19-8-7-18(19)13-16-3-11-22(12-4-16)25(26)27/h3-4,9-13,15,17,19H,5-8,14H2,1-2H3/b18-13+. The van der Waals surface area contributed by atoms with Crippen LogP contribution in [0.4, 0.5) is 11.4 Å². The summed E-state index contributed by atoms with van der Waals surface area (Å²) in [5.41, 5.74) is 6.91. The number of hydrogen-bond donors (Lipinski definition) is 0. The largest absolute Gasteiger partial charge is 0.377 e. The summed E-state index contributed by atoms with van der Waals surface area (Å²) in [6.45, 7) is 0. The molecule has 0 N–H and O–H groups in total. The van der Waals surface area contributed by atoms with Gasteiger partial charge in [-0.1, -0.05) is 23.8 Å². The fourth-order valence-corrected chi connectivity index (χ4v) is 3.95. The average molecular weight is 362 g/mol. The van der Waals surface area contributed by atoms with Gasteiger partial charge in [0.1, 0.15) is 0 Å². The van der Waals surface area contributed by atoms with Crippen LogP contribution in [0, 0.1) is 16.0 Å².